The van der Waals surface area contributed by atoms with E-state index in [1.54, 1.807) is 11.3 Å². The topological polar surface area (TPSA) is 0 Å². The Morgan fingerprint density at radius 1 is 1.31 bits per heavy atom. The van der Waals surface area contributed by atoms with Crippen LogP contribution in [0.15, 0.2) is 22.9 Å². The van der Waals surface area contributed by atoms with Crippen molar-refractivity contribution < 1.29 is 0 Å². The maximum absolute atomic E-state index is 2.29. The fourth-order valence-corrected chi connectivity index (χ4v) is 1.91. The lowest BCUT2D eigenvalue weighted by Gasteiger charge is -1.93. The predicted octanol–water partition coefficient (Wildman–Crippen LogP) is 4.73. The van der Waals surface area contributed by atoms with Gasteiger partial charge in [-0.25, -0.2) is 0 Å². The van der Waals surface area contributed by atoms with Gasteiger partial charge in [0.2, 0.25) is 0 Å². The van der Waals surface area contributed by atoms with Crippen molar-refractivity contribution in [2.75, 3.05) is 0 Å². The van der Waals surface area contributed by atoms with Gasteiger partial charge in [0.25, 0.3) is 0 Å². The average molecular weight is 194 g/mol. The molecule has 0 fully saturated rings. The summed E-state index contributed by atoms with van der Waals surface area (Å²) < 4.78 is 0. The van der Waals surface area contributed by atoms with E-state index in [-0.39, 0.29) is 0 Å². The molecule has 72 valence electrons. The molecule has 0 N–H and O–H groups in total. The van der Waals surface area contributed by atoms with Gasteiger partial charge in [-0.3, -0.25) is 0 Å². The van der Waals surface area contributed by atoms with Crippen LogP contribution in [0.25, 0.3) is 6.08 Å². The second kappa shape index (κ2) is 6.90. The molecule has 0 saturated carbocycles. The average Bonchev–Trinajstić information content (AvgIpc) is 2.63. The zero-order valence-electron chi connectivity index (χ0n) is 8.33. The smallest absolute Gasteiger partial charge is 0.00209 e. The predicted molar refractivity (Wildman–Crippen MR) is 62.1 cm³/mol. The quantitative estimate of drug-likeness (QED) is 0.574. The van der Waals surface area contributed by atoms with Crippen molar-refractivity contribution in [2.45, 2.75) is 39.0 Å². The monoisotopic (exact) mass is 194 g/mol. The summed E-state index contributed by atoms with van der Waals surface area (Å²) in [5.74, 6) is 0. The van der Waals surface area contributed by atoms with Crippen molar-refractivity contribution in [3.05, 3.63) is 28.5 Å². The lowest BCUT2D eigenvalue weighted by atomic mass is 10.1. The highest BCUT2D eigenvalue weighted by Gasteiger charge is 1.86. The second-order valence-electron chi connectivity index (χ2n) is 3.31. The third-order valence-electron chi connectivity index (χ3n) is 2.08. The van der Waals surface area contributed by atoms with Crippen LogP contribution in [0.2, 0.25) is 0 Å². The number of rotatable bonds is 6. The van der Waals surface area contributed by atoms with E-state index in [1.165, 1.54) is 37.7 Å². The first kappa shape index (κ1) is 10.5. The summed E-state index contributed by atoms with van der Waals surface area (Å²) in [6, 6.07) is 2.16. The first-order chi connectivity index (χ1) is 6.43. The van der Waals surface area contributed by atoms with Gasteiger partial charge in [0.1, 0.15) is 0 Å². The van der Waals surface area contributed by atoms with E-state index < -0.39 is 0 Å². The van der Waals surface area contributed by atoms with Crippen LogP contribution in [0.5, 0.6) is 0 Å². The van der Waals surface area contributed by atoms with Gasteiger partial charge in [-0.2, -0.15) is 11.3 Å². The Morgan fingerprint density at radius 3 is 2.92 bits per heavy atom. The Balaban J connectivity index is 2.05. The summed E-state index contributed by atoms with van der Waals surface area (Å²) in [6.07, 6.45) is 11.2. The molecule has 0 aliphatic rings. The molecule has 0 spiro atoms. The van der Waals surface area contributed by atoms with Gasteiger partial charge in [0, 0.05) is 0 Å². The van der Waals surface area contributed by atoms with Crippen LogP contribution in [0.3, 0.4) is 0 Å². The van der Waals surface area contributed by atoms with Gasteiger partial charge in [-0.05, 0) is 35.2 Å². The van der Waals surface area contributed by atoms with Crippen molar-refractivity contribution in [2.24, 2.45) is 0 Å². The largest absolute Gasteiger partial charge is 0.152 e. The Bertz CT molecular complexity index is 221. The van der Waals surface area contributed by atoms with Crippen LogP contribution in [0.1, 0.15) is 44.6 Å². The van der Waals surface area contributed by atoms with E-state index in [4.69, 9.17) is 0 Å². The third kappa shape index (κ3) is 4.89. The molecule has 13 heavy (non-hydrogen) atoms. The lowest BCUT2D eigenvalue weighted by molar-refractivity contribution is 0.675. The fraction of sp³-hybridized carbons (Fsp3) is 0.500. The summed E-state index contributed by atoms with van der Waals surface area (Å²) in [7, 11) is 0. The number of hydrogen-bond donors (Lipinski definition) is 0. The van der Waals surface area contributed by atoms with Crippen LogP contribution >= 0.6 is 11.3 Å². The van der Waals surface area contributed by atoms with Crippen molar-refractivity contribution in [3.63, 3.8) is 0 Å². The van der Waals surface area contributed by atoms with E-state index in [1.807, 2.05) is 0 Å². The molecule has 0 nitrogen and oxygen atoms in total. The molecule has 0 saturated heterocycles. The zero-order chi connectivity index (χ0) is 9.36. The number of hydrogen-bond acceptors (Lipinski definition) is 1. The van der Waals surface area contributed by atoms with E-state index in [0.717, 1.165) is 0 Å². The maximum Gasteiger partial charge on any atom is -0.00209 e. The molecule has 0 amide bonds. The second-order valence-corrected chi connectivity index (χ2v) is 4.09. The van der Waals surface area contributed by atoms with Gasteiger partial charge in [-0.1, -0.05) is 38.3 Å². The molecule has 0 unspecified atom stereocenters. The Hall–Kier alpha value is -0.560. The number of thiophene rings is 1. The Kier molecular flexibility index (Phi) is 5.59. The molecule has 0 radical (unpaired) electrons. The molecule has 0 aliphatic carbocycles. The van der Waals surface area contributed by atoms with Crippen LogP contribution < -0.4 is 0 Å². The summed E-state index contributed by atoms with van der Waals surface area (Å²) in [5, 5.41) is 4.30. The van der Waals surface area contributed by atoms with Crippen molar-refractivity contribution in [3.8, 4) is 0 Å². The molecule has 1 aromatic heterocycles. The van der Waals surface area contributed by atoms with Crippen molar-refractivity contribution >= 4 is 17.4 Å². The molecule has 0 aliphatic heterocycles. The normalized spacial score (nSPS) is 11.2. The van der Waals surface area contributed by atoms with Gasteiger partial charge < -0.3 is 0 Å². The molecule has 1 rings (SSSR count). The van der Waals surface area contributed by atoms with Crippen LogP contribution in [-0.2, 0) is 0 Å². The van der Waals surface area contributed by atoms with Gasteiger partial charge in [-0.15, -0.1) is 0 Å². The van der Waals surface area contributed by atoms with Crippen molar-refractivity contribution in [1.82, 2.24) is 0 Å². The van der Waals surface area contributed by atoms with E-state index >= 15 is 0 Å². The standard InChI is InChI=1S/C12H18S/c1-2-3-4-5-6-7-8-12-9-10-13-11-12/h7-11H,2-6H2,1H3/b8-7+. The zero-order valence-corrected chi connectivity index (χ0v) is 9.15. The van der Waals surface area contributed by atoms with Crippen LogP contribution in [0.4, 0.5) is 0 Å². The van der Waals surface area contributed by atoms with E-state index in [9.17, 15) is 0 Å². The maximum atomic E-state index is 2.29. The van der Waals surface area contributed by atoms with Crippen LogP contribution in [-0.4, -0.2) is 0 Å². The number of unbranched alkanes of at least 4 members (excludes halogenated alkanes) is 4. The fourth-order valence-electron chi connectivity index (χ4n) is 1.28. The van der Waals surface area contributed by atoms with E-state index in [2.05, 4.69) is 35.9 Å². The highest BCUT2D eigenvalue weighted by Crippen LogP contribution is 2.09. The highest BCUT2D eigenvalue weighted by atomic mass is 32.1. The van der Waals surface area contributed by atoms with Gasteiger partial charge >= 0.3 is 0 Å². The molecule has 0 aromatic carbocycles. The third-order valence-corrected chi connectivity index (χ3v) is 2.78. The van der Waals surface area contributed by atoms with Gasteiger partial charge in [0.15, 0.2) is 0 Å². The summed E-state index contributed by atoms with van der Waals surface area (Å²) >= 11 is 1.76. The molecule has 0 bridgehead atoms. The Labute approximate surface area is 85.3 Å². The minimum Gasteiger partial charge on any atom is -0.152 e. The minimum atomic E-state index is 1.23. The molecule has 1 heteroatoms. The summed E-state index contributed by atoms with van der Waals surface area (Å²) in [5.41, 5.74) is 1.35. The summed E-state index contributed by atoms with van der Waals surface area (Å²) in [6.45, 7) is 2.25. The molecule has 0 atom stereocenters. The van der Waals surface area contributed by atoms with E-state index in [0.29, 0.717) is 0 Å². The highest BCUT2D eigenvalue weighted by molar-refractivity contribution is 7.08. The Morgan fingerprint density at radius 2 is 2.23 bits per heavy atom. The summed E-state index contributed by atoms with van der Waals surface area (Å²) in [4.78, 5) is 0. The lowest BCUT2D eigenvalue weighted by Crippen LogP contribution is -1.73. The van der Waals surface area contributed by atoms with Crippen molar-refractivity contribution in [1.29, 1.82) is 0 Å². The molecule has 1 heterocycles. The first-order valence-corrected chi connectivity index (χ1v) is 6.06. The van der Waals surface area contributed by atoms with Gasteiger partial charge in [0.05, 0.1) is 0 Å². The SMILES string of the molecule is CCCCCC/C=C/c1ccsc1. The number of allylic oxidation sites excluding steroid dienone is 1. The molecule has 1 aromatic rings. The van der Waals surface area contributed by atoms with Crippen LogP contribution in [0, 0.1) is 0 Å². The minimum absolute atomic E-state index is 1.23. The molecular formula is C12H18S. The molecular weight excluding hydrogens is 176 g/mol. The first-order valence-electron chi connectivity index (χ1n) is 5.12.